The predicted octanol–water partition coefficient (Wildman–Crippen LogP) is 2.94. The van der Waals surface area contributed by atoms with Gasteiger partial charge in [-0.05, 0) is 36.1 Å². The van der Waals surface area contributed by atoms with E-state index in [2.05, 4.69) is 5.32 Å². The highest BCUT2D eigenvalue weighted by atomic mass is 16.5. The number of ketones is 1. The largest absolute Gasteiger partial charge is 0.454 e. The molecule has 0 radical (unpaired) electrons. The number of rotatable bonds is 10. The number of carbonyl (C=O) groups excluding carboxylic acids is 3. The van der Waals surface area contributed by atoms with Crippen LogP contribution in [-0.4, -0.2) is 37.9 Å². The van der Waals surface area contributed by atoms with Gasteiger partial charge in [0.2, 0.25) is 5.91 Å². The first-order valence-corrected chi connectivity index (χ1v) is 9.11. The number of ether oxygens (including phenoxy) is 2. The van der Waals surface area contributed by atoms with Crippen molar-refractivity contribution >= 4 is 17.7 Å². The second-order valence-corrected chi connectivity index (χ2v) is 6.41. The second-order valence-electron chi connectivity index (χ2n) is 6.41. The minimum absolute atomic E-state index is 0.0404. The molecule has 0 bridgehead atoms. The number of methoxy groups -OCH3 is 1. The van der Waals surface area contributed by atoms with E-state index in [1.54, 1.807) is 43.5 Å². The zero-order valence-corrected chi connectivity index (χ0v) is 16.2. The van der Waals surface area contributed by atoms with Crippen molar-refractivity contribution in [2.75, 3.05) is 20.3 Å². The predicted molar refractivity (Wildman–Crippen MR) is 105 cm³/mol. The molecule has 0 unspecified atom stereocenters. The van der Waals surface area contributed by atoms with Crippen molar-refractivity contribution in [1.29, 1.82) is 0 Å². The van der Waals surface area contributed by atoms with Gasteiger partial charge >= 0.3 is 5.97 Å². The van der Waals surface area contributed by atoms with E-state index in [4.69, 9.17) is 9.47 Å². The molecular formula is C22H25NO5. The molecule has 6 nitrogen and oxygen atoms in total. The van der Waals surface area contributed by atoms with E-state index in [1.807, 2.05) is 12.1 Å². The van der Waals surface area contributed by atoms with Gasteiger partial charge < -0.3 is 14.8 Å². The lowest BCUT2D eigenvalue weighted by Crippen LogP contribution is -2.21. The van der Waals surface area contributed by atoms with Crippen LogP contribution in [0.2, 0.25) is 0 Å². The fraction of sp³-hybridized carbons (Fsp3) is 0.318. The average Bonchev–Trinajstić information content (AvgIpc) is 2.70. The van der Waals surface area contributed by atoms with Crippen LogP contribution in [0.5, 0.6) is 0 Å². The first kappa shape index (κ1) is 21.3. The van der Waals surface area contributed by atoms with Crippen molar-refractivity contribution in [3.63, 3.8) is 0 Å². The second kappa shape index (κ2) is 11.0. The number of carbonyl (C=O) groups is 3. The van der Waals surface area contributed by atoms with Gasteiger partial charge in [-0.3, -0.25) is 9.59 Å². The van der Waals surface area contributed by atoms with E-state index in [1.165, 1.54) is 6.92 Å². The number of Topliss-reactive ketones (excluding diaryl/α,β-unsaturated/α-hetero) is 1. The summed E-state index contributed by atoms with van der Waals surface area (Å²) in [6, 6.07) is 14.1. The summed E-state index contributed by atoms with van der Waals surface area (Å²) < 4.78 is 10.1. The molecule has 1 amide bonds. The van der Waals surface area contributed by atoms with Crippen LogP contribution in [0, 0.1) is 0 Å². The van der Waals surface area contributed by atoms with Gasteiger partial charge in [0.05, 0.1) is 12.2 Å². The molecule has 0 fully saturated rings. The van der Waals surface area contributed by atoms with Crippen molar-refractivity contribution < 1.29 is 23.9 Å². The molecule has 6 heteroatoms. The maximum absolute atomic E-state index is 12.2. The molecule has 0 atom stereocenters. The summed E-state index contributed by atoms with van der Waals surface area (Å²) in [6.07, 6.45) is 1.64. The minimum Gasteiger partial charge on any atom is -0.454 e. The quantitative estimate of drug-likeness (QED) is 0.388. The Morgan fingerprint density at radius 1 is 0.893 bits per heavy atom. The zero-order valence-electron chi connectivity index (χ0n) is 16.2. The average molecular weight is 383 g/mol. The summed E-state index contributed by atoms with van der Waals surface area (Å²) in [7, 11) is 1.60. The molecule has 1 N–H and O–H groups in total. The van der Waals surface area contributed by atoms with E-state index >= 15 is 0 Å². The molecular weight excluding hydrogens is 358 g/mol. The van der Waals surface area contributed by atoms with Gasteiger partial charge in [0.1, 0.15) is 0 Å². The minimum atomic E-state index is -0.535. The van der Waals surface area contributed by atoms with Crippen molar-refractivity contribution in [3.05, 3.63) is 70.8 Å². The molecule has 2 aromatic rings. The lowest BCUT2D eigenvalue weighted by Gasteiger charge is -2.07. The number of hydrogen-bond acceptors (Lipinski definition) is 5. The Labute approximate surface area is 164 Å². The number of amides is 1. The topological polar surface area (TPSA) is 81.7 Å². The van der Waals surface area contributed by atoms with Crippen molar-refractivity contribution in [1.82, 2.24) is 5.32 Å². The molecule has 148 valence electrons. The lowest BCUT2D eigenvalue weighted by molar-refractivity contribution is -0.118. The third-order valence-electron chi connectivity index (χ3n) is 4.13. The highest BCUT2D eigenvalue weighted by Crippen LogP contribution is 2.10. The van der Waals surface area contributed by atoms with Crippen molar-refractivity contribution in [2.45, 2.75) is 26.4 Å². The maximum Gasteiger partial charge on any atom is 0.338 e. The van der Waals surface area contributed by atoms with Crippen molar-refractivity contribution in [2.24, 2.45) is 0 Å². The molecule has 0 aliphatic heterocycles. The van der Waals surface area contributed by atoms with Crippen LogP contribution in [0.3, 0.4) is 0 Å². The molecule has 0 aliphatic rings. The van der Waals surface area contributed by atoms with Crippen LogP contribution in [-0.2, 0) is 27.3 Å². The van der Waals surface area contributed by atoms with E-state index in [9.17, 15) is 14.4 Å². The van der Waals surface area contributed by atoms with Crippen LogP contribution in [0.4, 0.5) is 0 Å². The van der Waals surface area contributed by atoms with E-state index in [0.29, 0.717) is 24.3 Å². The highest BCUT2D eigenvalue weighted by Gasteiger charge is 2.12. The van der Waals surface area contributed by atoms with Crippen LogP contribution in [0.15, 0.2) is 48.5 Å². The molecule has 0 aliphatic carbocycles. The van der Waals surface area contributed by atoms with E-state index in [0.717, 1.165) is 24.0 Å². The number of esters is 1. The molecule has 28 heavy (non-hydrogen) atoms. The summed E-state index contributed by atoms with van der Waals surface area (Å²) in [4.78, 5) is 35.1. The third kappa shape index (κ3) is 6.96. The highest BCUT2D eigenvalue weighted by molar-refractivity contribution is 5.99. The van der Waals surface area contributed by atoms with Crippen LogP contribution in [0.1, 0.15) is 45.2 Å². The number of aryl methyl sites for hydroxylation is 1. The van der Waals surface area contributed by atoms with Crippen molar-refractivity contribution in [3.8, 4) is 0 Å². The van der Waals surface area contributed by atoms with E-state index < -0.39 is 5.97 Å². The van der Waals surface area contributed by atoms with Crippen LogP contribution >= 0.6 is 0 Å². The molecule has 0 heterocycles. The molecule has 0 saturated heterocycles. The number of nitrogens with one attached hydrogen (secondary N) is 1. The number of hydrogen-bond donors (Lipinski definition) is 1. The maximum atomic E-state index is 12.2. The lowest BCUT2D eigenvalue weighted by atomic mass is 10.1. The van der Waals surface area contributed by atoms with Crippen LogP contribution < -0.4 is 5.32 Å². The van der Waals surface area contributed by atoms with Gasteiger partial charge in [-0.2, -0.15) is 0 Å². The standard InChI is InChI=1S/C22H25NO5/c1-16(24)23-13-3-4-17-5-9-19(10-6-17)21(25)15-28-22(26)20-11-7-18(8-12-20)14-27-2/h5-12H,3-4,13-15H2,1-2H3,(H,23,24). The summed E-state index contributed by atoms with van der Waals surface area (Å²) in [6.45, 7) is 2.28. The normalized spacial score (nSPS) is 10.4. The summed E-state index contributed by atoms with van der Waals surface area (Å²) in [5.74, 6) is -0.831. The first-order chi connectivity index (χ1) is 13.5. The molecule has 2 aromatic carbocycles. The smallest absolute Gasteiger partial charge is 0.338 e. The Hall–Kier alpha value is -2.99. The first-order valence-electron chi connectivity index (χ1n) is 9.11. The Balaban J connectivity index is 1.80. The zero-order chi connectivity index (χ0) is 20.4. The molecule has 0 aromatic heterocycles. The summed E-state index contributed by atoms with van der Waals surface area (Å²) >= 11 is 0. The van der Waals surface area contributed by atoms with Gasteiger partial charge in [0.25, 0.3) is 0 Å². The Kier molecular flexibility index (Phi) is 8.37. The van der Waals surface area contributed by atoms with Gasteiger partial charge in [-0.1, -0.05) is 36.4 Å². The molecule has 0 spiro atoms. The van der Waals surface area contributed by atoms with Gasteiger partial charge in [-0.25, -0.2) is 4.79 Å². The molecule has 0 saturated carbocycles. The third-order valence-corrected chi connectivity index (χ3v) is 4.13. The Morgan fingerprint density at radius 2 is 1.50 bits per heavy atom. The Morgan fingerprint density at radius 3 is 2.11 bits per heavy atom. The fourth-order valence-electron chi connectivity index (χ4n) is 2.62. The molecule has 2 rings (SSSR count). The van der Waals surface area contributed by atoms with E-state index in [-0.39, 0.29) is 18.3 Å². The fourth-order valence-corrected chi connectivity index (χ4v) is 2.62. The van der Waals surface area contributed by atoms with Crippen LogP contribution in [0.25, 0.3) is 0 Å². The Bertz CT molecular complexity index is 797. The van der Waals surface area contributed by atoms with Gasteiger partial charge in [-0.15, -0.1) is 0 Å². The monoisotopic (exact) mass is 383 g/mol. The summed E-state index contributed by atoms with van der Waals surface area (Å²) in [5.41, 5.74) is 2.92. The SMILES string of the molecule is COCc1ccc(C(=O)OCC(=O)c2ccc(CCCNC(C)=O)cc2)cc1. The van der Waals surface area contributed by atoms with Gasteiger partial charge in [0, 0.05) is 26.1 Å². The number of benzene rings is 2. The summed E-state index contributed by atoms with van der Waals surface area (Å²) in [5, 5.41) is 2.75. The van der Waals surface area contributed by atoms with Gasteiger partial charge in [0.15, 0.2) is 12.4 Å².